The molecule has 0 fully saturated rings. The van der Waals surface area contributed by atoms with Crippen LogP contribution in [0.3, 0.4) is 0 Å². The minimum atomic E-state index is -0.148. The second kappa shape index (κ2) is 4.96. The Kier molecular flexibility index (Phi) is 3.38. The highest BCUT2D eigenvalue weighted by Gasteiger charge is 2.19. The molecular formula is C10H15N5O2. The van der Waals surface area contributed by atoms with Crippen molar-refractivity contribution in [3.05, 3.63) is 12.0 Å². The largest absolute Gasteiger partial charge is 0.383 e. The molecule has 2 aromatic heterocycles. The summed E-state index contributed by atoms with van der Waals surface area (Å²) in [5.41, 5.74) is 6.28. The van der Waals surface area contributed by atoms with Gasteiger partial charge < -0.3 is 15.0 Å². The van der Waals surface area contributed by atoms with Crippen LogP contribution in [-0.4, -0.2) is 26.9 Å². The maximum absolute atomic E-state index is 5.67. The van der Waals surface area contributed by atoms with Gasteiger partial charge in [-0.25, -0.2) is 0 Å². The smallest absolute Gasteiger partial charge is 0.263 e. The van der Waals surface area contributed by atoms with Crippen molar-refractivity contribution in [3.8, 4) is 11.5 Å². The normalized spacial score (nSPS) is 12.8. The number of aromatic nitrogens is 4. The van der Waals surface area contributed by atoms with E-state index in [2.05, 4.69) is 20.3 Å². The summed E-state index contributed by atoms with van der Waals surface area (Å²) in [4.78, 5) is 4.26. The topological polar surface area (TPSA) is 103 Å². The van der Waals surface area contributed by atoms with Gasteiger partial charge in [-0.1, -0.05) is 12.1 Å². The van der Waals surface area contributed by atoms with Gasteiger partial charge in [0.1, 0.15) is 17.5 Å². The summed E-state index contributed by atoms with van der Waals surface area (Å²) >= 11 is 0. The molecule has 2 heterocycles. The van der Waals surface area contributed by atoms with Crippen molar-refractivity contribution in [2.24, 2.45) is 0 Å². The molecule has 0 aliphatic rings. The lowest BCUT2D eigenvalue weighted by molar-refractivity contribution is 0.0518. The van der Waals surface area contributed by atoms with Gasteiger partial charge in [0.25, 0.3) is 5.89 Å². The molecule has 1 unspecified atom stereocenters. The molecule has 0 bridgehead atoms. The number of anilines is 1. The number of nitrogens with two attached hydrogens (primary N) is 1. The Hall–Kier alpha value is -1.89. The first kappa shape index (κ1) is 11.6. The molecule has 0 saturated heterocycles. The summed E-state index contributed by atoms with van der Waals surface area (Å²) in [7, 11) is 0. The van der Waals surface area contributed by atoms with E-state index in [4.69, 9.17) is 15.0 Å². The van der Waals surface area contributed by atoms with Gasteiger partial charge in [-0.2, -0.15) is 10.1 Å². The van der Waals surface area contributed by atoms with Crippen LogP contribution in [0.2, 0.25) is 0 Å². The minimum Gasteiger partial charge on any atom is -0.383 e. The van der Waals surface area contributed by atoms with Crippen molar-refractivity contribution in [3.63, 3.8) is 0 Å². The fourth-order valence-corrected chi connectivity index (χ4v) is 1.52. The third-order valence-electron chi connectivity index (χ3n) is 2.37. The van der Waals surface area contributed by atoms with E-state index in [1.165, 1.54) is 0 Å². The summed E-state index contributed by atoms with van der Waals surface area (Å²) in [6.45, 7) is 4.54. The first-order valence-corrected chi connectivity index (χ1v) is 5.50. The van der Waals surface area contributed by atoms with Crippen LogP contribution in [0, 0.1) is 0 Å². The van der Waals surface area contributed by atoms with Gasteiger partial charge >= 0.3 is 0 Å². The summed E-state index contributed by atoms with van der Waals surface area (Å²) in [6, 6.07) is 0. The van der Waals surface area contributed by atoms with Crippen molar-refractivity contribution < 1.29 is 9.26 Å². The van der Waals surface area contributed by atoms with E-state index in [-0.39, 0.29) is 6.10 Å². The molecule has 17 heavy (non-hydrogen) atoms. The van der Waals surface area contributed by atoms with Crippen molar-refractivity contribution >= 4 is 5.82 Å². The standard InChI is InChI=1S/C10H15N5O2/c1-3-7(16-4-2)9-13-10(17-15-9)6-5-12-14-8(6)11/h5,7H,3-4H2,1-2H3,(H3,11,12,14). The fourth-order valence-electron chi connectivity index (χ4n) is 1.52. The lowest BCUT2D eigenvalue weighted by Crippen LogP contribution is -2.04. The molecule has 0 radical (unpaired) electrons. The Morgan fingerprint density at radius 3 is 2.94 bits per heavy atom. The first-order valence-electron chi connectivity index (χ1n) is 5.50. The van der Waals surface area contributed by atoms with Crippen LogP contribution < -0.4 is 5.73 Å². The quantitative estimate of drug-likeness (QED) is 0.817. The van der Waals surface area contributed by atoms with Gasteiger partial charge in [-0.3, -0.25) is 5.10 Å². The second-order valence-electron chi connectivity index (χ2n) is 3.51. The van der Waals surface area contributed by atoms with Crippen molar-refractivity contribution in [2.45, 2.75) is 26.4 Å². The number of hydrogen-bond acceptors (Lipinski definition) is 6. The molecule has 2 rings (SSSR count). The van der Waals surface area contributed by atoms with E-state index in [0.717, 1.165) is 6.42 Å². The summed E-state index contributed by atoms with van der Waals surface area (Å²) in [5, 5.41) is 10.3. The van der Waals surface area contributed by atoms with Gasteiger partial charge in [0, 0.05) is 6.61 Å². The zero-order chi connectivity index (χ0) is 12.3. The molecule has 3 N–H and O–H groups in total. The van der Waals surface area contributed by atoms with E-state index < -0.39 is 0 Å². The average molecular weight is 237 g/mol. The Morgan fingerprint density at radius 2 is 2.35 bits per heavy atom. The first-order chi connectivity index (χ1) is 8.26. The zero-order valence-electron chi connectivity index (χ0n) is 9.80. The van der Waals surface area contributed by atoms with Gasteiger partial charge in [0.2, 0.25) is 5.82 Å². The lowest BCUT2D eigenvalue weighted by atomic mass is 10.2. The second-order valence-corrected chi connectivity index (χ2v) is 3.51. The third kappa shape index (κ3) is 2.28. The molecule has 0 spiro atoms. The molecular weight excluding hydrogens is 222 g/mol. The number of ether oxygens (including phenoxy) is 1. The zero-order valence-corrected chi connectivity index (χ0v) is 9.80. The number of H-pyrrole nitrogens is 1. The van der Waals surface area contributed by atoms with Crippen molar-refractivity contribution in [1.82, 2.24) is 20.3 Å². The van der Waals surface area contributed by atoms with E-state index in [0.29, 0.717) is 29.7 Å². The van der Waals surface area contributed by atoms with Crippen LogP contribution in [0.1, 0.15) is 32.2 Å². The molecule has 0 amide bonds. The van der Waals surface area contributed by atoms with E-state index in [1.807, 2.05) is 13.8 Å². The number of rotatable bonds is 5. The number of hydrogen-bond donors (Lipinski definition) is 2. The van der Waals surface area contributed by atoms with Crippen LogP contribution in [-0.2, 0) is 4.74 Å². The predicted octanol–water partition coefficient (Wildman–Crippen LogP) is 1.53. The highest BCUT2D eigenvalue weighted by atomic mass is 16.5. The van der Waals surface area contributed by atoms with Crippen molar-refractivity contribution in [1.29, 1.82) is 0 Å². The van der Waals surface area contributed by atoms with Crippen LogP contribution in [0.25, 0.3) is 11.5 Å². The third-order valence-corrected chi connectivity index (χ3v) is 2.37. The molecule has 2 aromatic rings. The summed E-state index contributed by atoms with van der Waals surface area (Å²) in [6.07, 6.45) is 2.19. The lowest BCUT2D eigenvalue weighted by Gasteiger charge is -2.09. The number of nitrogens with zero attached hydrogens (tertiary/aromatic N) is 3. The minimum absolute atomic E-state index is 0.148. The molecule has 0 aliphatic heterocycles. The van der Waals surface area contributed by atoms with E-state index in [9.17, 15) is 0 Å². The molecule has 0 aliphatic carbocycles. The van der Waals surface area contributed by atoms with Crippen LogP contribution in [0.5, 0.6) is 0 Å². The number of nitrogen functional groups attached to an aromatic ring is 1. The van der Waals surface area contributed by atoms with Crippen LogP contribution in [0.15, 0.2) is 10.7 Å². The Bertz CT molecular complexity index is 479. The summed E-state index contributed by atoms with van der Waals surface area (Å²) in [5.74, 6) is 1.29. The molecule has 0 saturated carbocycles. The van der Waals surface area contributed by atoms with E-state index in [1.54, 1.807) is 6.20 Å². The Labute approximate surface area is 98.3 Å². The monoisotopic (exact) mass is 237 g/mol. The van der Waals surface area contributed by atoms with Crippen LogP contribution >= 0.6 is 0 Å². The molecule has 1 atom stereocenters. The Balaban J connectivity index is 2.24. The van der Waals surface area contributed by atoms with Gasteiger partial charge in [-0.15, -0.1) is 0 Å². The highest BCUT2D eigenvalue weighted by Crippen LogP contribution is 2.25. The number of nitrogens with one attached hydrogen (secondary N) is 1. The van der Waals surface area contributed by atoms with E-state index >= 15 is 0 Å². The maximum atomic E-state index is 5.67. The SMILES string of the molecule is CCOC(CC)c1noc(-c2cn[nH]c2N)n1. The Morgan fingerprint density at radius 1 is 1.53 bits per heavy atom. The van der Waals surface area contributed by atoms with Crippen LogP contribution in [0.4, 0.5) is 5.82 Å². The average Bonchev–Trinajstić information content (AvgIpc) is 2.94. The summed E-state index contributed by atoms with van der Waals surface area (Å²) < 4.78 is 10.6. The van der Waals surface area contributed by atoms with Gasteiger partial charge in [0.15, 0.2) is 0 Å². The highest BCUT2D eigenvalue weighted by molar-refractivity contribution is 5.65. The fraction of sp³-hybridized carbons (Fsp3) is 0.500. The maximum Gasteiger partial charge on any atom is 0.263 e. The van der Waals surface area contributed by atoms with Gasteiger partial charge in [0.05, 0.1) is 6.20 Å². The predicted molar refractivity (Wildman–Crippen MR) is 61.0 cm³/mol. The van der Waals surface area contributed by atoms with Crippen molar-refractivity contribution in [2.75, 3.05) is 12.3 Å². The molecule has 7 heteroatoms. The molecule has 92 valence electrons. The molecule has 0 aromatic carbocycles. The van der Waals surface area contributed by atoms with Gasteiger partial charge in [-0.05, 0) is 13.3 Å². The number of aromatic amines is 1. The molecule has 7 nitrogen and oxygen atoms in total.